The SMILES string of the molecule is O=P(OCCS(=O)(=O)Nc1ccc(-c2nnc(-c3cc(N4CC5C(C4)C5(F)F)n4nccc4c3)o2)c(N2CCC3(CC2)CC3)c1)(OCc1ccccc1)OCc1ccccc1. The van der Waals surface area contributed by atoms with Crippen LogP contribution in [0.3, 0.4) is 0 Å². The summed E-state index contributed by atoms with van der Waals surface area (Å²) < 4.78 is 96.6. The molecule has 14 nitrogen and oxygen atoms in total. The van der Waals surface area contributed by atoms with Gasteiger partial charge < -0.3 is 14.2 Å². The van der Waals surface area contributed by atoms with E-state index in [1.807, 2.05) is 83.8 Å². The molecule has 2 unspecified atom stereocenters. The Hall–Kier alpha value is -5.19. The molecule has 318 valence electrons. The second-order valence-corrected chi connectivity index (χ2v) is 19.9. The summed E-state index contributed by atoms with van der Waals surface area (Å²) in [5.74, 6) is -3.29. The topological polar surface area (TPSA) is 154 Å². The lowest BCUT2D eigenvalue weighted by atomic mass is 9.93. The van der Waals surface area contributed by atoms with Gasteiger partial charge in [0.05, 0.1) is 66.1 Å². The van der Waals surface area contributed by atoms with Gasteiger partial charge in [0.1, 0.15) is 5.82 Å². The molecule has 0 radical (unpaired) electrons. The highest BCUT2D eigenvalue weighted by atomic mass is 32.2. The number of aromatic nitrogens is 4. The van der Waals surface area contributed by atoms with Gasteiger partial charge in [-0.25, -0.2) is 26.3 Å². The summed E-state index contributed by atoms with van der Waals surface area (Å²) in [6, 6.07) is 28.9. The third-order valence-electron chi connectivity index (χ3n) is 12.4. The van der Waals surface area contributed by atoms with Gasteiger partial charge in [-0.1, -0.05) is 60.7 Å². The second kappa shape index (κ2) is 15.6. The fraction of sp³-hybridized carbons (Fsp3) is 0.372. The molecule has 0 amide bonds. The maximum Gasteiger partial charge on any atom is 0.475 e. The summed E-state index contributed by atoms with van der Waals surface area (Å²) in [6.07, 6.45) is 6.13. The van der Waals surface area contributed by atoms with E-state index in [9.17, 15) is 21.8 Å². The molecule has 4 fully saturated rings. The number of alkyl halides is 2. The van der Waals surface area contributed by atoms with Gasteiger partial charge in [-0.2, -0.15) is 5.10 Å². The molecule has 1 spiro atoms. The van der Waals surface area contributed by atoms with Crippen molar-refractivity contribution in [3.8, 4) is 22.9 Å². The summed E-state index contributed by atoms with van der Waals surface area (Å²) in [7, 11) is -8.21. The number of sulfonamides is 1. The van der Waals surface area contributed by atoms with Crippen LogP contribution in [0.5, 0.6) is 0 Å². The van der Waals surface area contributed by atoms with E-state index in [2.05, 4.69) is 24.9 Å². The highest BCUT2D eigenvalue weighted by Crippen LogP contribution is 2.60. The van der Waals surface area contributed by atoms with Crippen molar-refractivity contribution in [3.05, 3.63) is 114 Å². The minimum atomic E-state index is -4.19. The molecule has 3 aromatic carbocycles. The monoisotopic (exact) mass is 871 g/mol. The van der Waals surface area contributed by atoms with Crippen LogP contribution < -0.4 is 14.5 Å². The summed E-state index contributed by atoms with van der Waals surface area (Å²) in [5, 5.41) is 13.3. The first-order valence-electron chi connectivity index (χ1n) is 20.4. The highest BCUT2D eigenvalue weighted by molar-refractivity contribution is 7.92. The molecule has 18 heteroatoms. The number of pyridine rings is 1. The molecule has 6 aromatic rings. The van der Waals surface area contributed by atoms with E-state index < -0.39 is 48.0 Å². The van der Waals surface area contributed by atoms with Crippen molar-refractivity contribution in [2.24, 2.45) is 17.3 Å². The van der Waals surface area contributed by atoms with Crippen molar-refractivity contribution in [1.82, 2.24) is 19.8 Å². The number of phosphoric acid groups is 1. The van der Waals surface area contributed by atoms with Crippen LogP contribution in [0.15, 0.2) is 108 Å². The van der Waals surface area contributed by atoms with Gasteiger partial charge in [0.2, 0.25) is 21.8 Å². The van der Waals surface area contributed by atoms with Crippen LogP contribution >= 0.6 is 7.82 Å². The van der Waals surface area contributed by atoms with Crippen LogP contribution in [0.25, 0.3) is 28.4 Å². The summed E-state index contributed by atoms with van der Waals surface area (Å²) in [5.41, 5.74) is 4.95. The Morgan fingerprint density at radius 1 is 0.787 bits per heavy atom. The standard InChI is InChI=1S/C43H44F2N7O7PS/c44-43(45)36-26-51(27-37(36)43)39-24-32(23-34-13-18-46-52(34)39)40-47-48-41(59-40)35-12-11-33(25-38(35)50-19-16-42(14-15-42)17-20-50)49-61(54,55)22-21-56-60(53,57-28-30-7-3-1-4-8-30)58-29-31-9-5-2-6-10-31/h1-13,18,23-25,36-37,49H,14-17,19-22,26-29H2. The molecule has 5 heterocycles. The molecule has 3 aromatic heterocycles. The van der Waals surface area contributed by atoms with E-state index in [0.717, 1.165) is 48.3 Å². The first kappa shape index (κ1) is 39.9. The van der Waals surface area contributed by atoms with Crippen LogP contribution in [0, 0.1) is 17.3 Å². The number of phosphoric ester groups is 1. The number of nitrogens with zero attached hydrogens (tertiary/aromatic N) is 6. The lowest BCUT2D eigenvalue weighted by molar-refractivity contribution is 0.0796. The van der Waals surface area contributed by atoms with Gasteiger partial charge in [0, 0.05) is 31.7 Å². The fourth-order valence-electron chi connectivity index (χ4n) is 8.50. The second-order valence-electron chi connectivity index (χ2n) is 16.4. The smallest absolute Gasteiger partial charge is 0.416 e. The van der Waals surface area contributed by atoms with Crippen molar-refractivity contribution in [1.29, 1.82) is 0 Å². The summed E-state index contributed by atoms with van der Waals surface area (Å²) >= 11 is 0. The zero-order valence-corrected chi connectivity index (χ0v) is 34.8. The Balaban J connectivity index is 0.865. The largest absolute Gasteiger partial charge is 0.475 e. The number of nitrogens with one attached hydrogen (secondary N) is 1. The molecule has 61 heavy (non-hydrogen) atoms. The number of piperidine rings is 2. The Bertz CT molecular complexity index is 2650. The Kier molecular flexibility index (Phi) is 10.2. The van der Waals surface area contributed by atoms with E-state index >= 15 is 0 Å². The normalized spacial score (nSPS) is 20.3. The first-order valence-corrected chi connectivity index (χ1v) is 23.5. The molecule has 2 saturated carbocycles. The van der Waals surface area contributed by atoms with Crippen LogP contribution in [-0.2, 0) is 41.4 Å². The average Bonchev–Trinajstić information content (AvgIpc) is 3.72. The van der Waals surface area contributed by atoms with Gasteiger partial charge in [-0.15, -0.1) is 10.2 Å². The van der Waals surface area contributed by atoms with E-state index in [0.29, 0.717) is 28.0 Å². The lowest BCUT2D eigenvalue weighted by Crippen LogP contribution is -2.34. The predicted octanol–water partition coefficient (Wildman–Crippen LogP) is 8.43. The minimum absolute atomic E-state index is 0.0592. The summed E-state index contributed by atoms with van der Waals surface area (Å²) in [4.78, 5) is 4.15. The van der Waals surface area contributed by atoms with Crippen molar-refractivity contribution in [3.63, 3.8) is 0 Å². The average molecular weight is 872 g/mol. The minimum Gasteiger partial charge on any atom is -0.416 e. The molecule has 2 aliphatic carbocycles. The zero-order chi connectivity index (χ0) is 41.8. The summed E-state index contributed by atoms with van der Waals surface area (Å²) in [6.45, 7) is 1.45. The van der Waals surface area contributed by atoms with Gasteiger partial charge >= 0.3 is 7.82 Å². The van der Waals surface area contributed by atoms with Crippen LogP contribution in [0.1, 0.15) is 36.8 Å². The van der Waals surface area contributed by atoms with Crippen molar-refractivity contribution >= 4 is 40.6 Å². The third-order valence-corrected chi connectivity index (χ3v) is 15.0. The van der Waals surface area contributed by atoms with Crippen molar-refractivity contribution < 1.29 is 39.8 Å². The molecule has 4 aliphatic rings. The van der Waals surface area contributed by atoms with Crippen LogP contribution in [-0.4, -0.2) is 72.7 Å². The van der Waals surface area contributed by atoms with Gasteiger partial charge in [0.25, 0.3) is 5.92 Å². The van der Waals surface area contributed by atoms with Gasteiger partial charge in [-0.3, -0.25) is 18.3 Å². The van der Waals surface area contributed by atoms with Crippen molar-refractivity contribution in [2.45, 2.75) is 44.8 Å². The van der Waals surface area contributed by atoms with Gasteiger partial charge in [-0.05, 0) is 78.6 Å². The molecule has 1 N–H and O–H groups in total. The number of halogens is 2. The molecule has 2 atom stereocenters. The van der Waals surface area contributed by atoms with E-state index in [1.165, 1.54) is 12.8 Å². The van der Waals surface area contributed by atoms with Crippen LogP contribution in [0.2, 0.25) is 0 Å². The van der Waals surface area contributed by atoms with Crippen LogP contribution in [0.4, 0.5) is 26.0 Å². The molecule has 0 bridgehead atoms. The highest BCUT2D eigenvalue weighted by Gasteiger charge is 2.71. The molecular weight excluding hydrogens is 828 g/mol. The Morgan fingerprint density at radius 3 is 2.10 bits per heavy atom. The maximum atomic E-state index is 14.1. The number of hydrogen-bond donors (Lipinski definition) is 1. The first-order chi connectivity index (χ1) is 29.4. The van der Waals surface area contributed by atoms with Crippen molar-refractivity contribution in [2.75, 3.05) is 53.1 Å². The van der Waals surface area contributed by atoms with E-state index in [-0.39, 0.29) is 38.1 Å². The molecule has 2 aliphatic heterocycles. The number of rotatable bonds is 16. The maximum absolute atomic E-state index is 14.1. The Morgan fingerprint density at radius 2 is 1.44 bits per heavy atom. The quantitative estimate of drug-likeness (QED) is 0.0929. The molecular formula is C43H44F2N7O7PS. The number of benzene rings is 3. The van der Waals surface area contributed by atoms with Gasteiger partial charge in [0.15, 0.2) is 0 Å². The van der Waals surface area contributed by atoms with E-state index in [1.54, 1.807) is 28.9 Å². The number of fused-ring (bicyclic) bond motifs is 2. The fourth-order valence-corrected chi connectivity index (χ4v) is 10.7. The molecule has 10 rings (SSSR count). The number of hydrogen-bond acceptors (Lipinski definition) is 12. The predicted molar refractivity (Wildman–Crippen MR) is 225 cm³/mol. The van der Waals surface area contributed by atoms with E-state index in [4.69, 9.17) is 18.0 Å². The lowest BCUT2D eigenvalue weighted by Gasteiger charge is -2.35. The number of anilines is 3. The zero-order valence-electron chi connectivity index (χ0n) is 33.1. The molecule has 2 saturated heterocycles. The Labute approximate surface area is 351 Å². The third kappa shape index (κ3) is 8.41.